The van der Waals surface area contributed by atoms with Crippen LogP contribution in [0.2, 0.25) is 0 Å². The molecule has 5 heteroatoms. The molecule has 1 N–H and O–H groups in total. The topological polar surface area (TPSA) is 57.8 Å². The molecule has 1 saturated heterocycles. The van der Waals surface area contributed by atoms with E-state index < -0.39 is 0 Å². The van der Waals surface area contributed by atoms with Gasteiger partial charge in [-0.05, 0) is 25.0 Å². The number of anilines is 1. The van der Waals surface area contributed by atoms with Crippen LogP contribution in [0.5, 0.6) is 0 Å². The van der Waals surface area contributed by atoms with Gasteiger partial charge in [-0.1, -0.05) is 6.07 Å². The molecule has 0 aliphatic carbocycles. The summed E-state index contributed by atoms with van der Waals surface area (Å²) < 4.78 is 1.53. The summed E-state index contributed by atoms with van der Waals surface area (Å²) in [5, 5.41) is 9.49. The number of piperidine rings is 1. The van der Waals surface area contributed by atoms with Crippen molar-refractivity contribution in [3.8, 4) is 0 Å². The molecule has 1 aliphatic rings. The van der Waals surface area contributed by atoms with Crippen LogP contribution in [-0.2, 0) is 0 Å². The predicted molar refractivity (Wildman–Crippen MR) is 68.9 cm³/mol. The van der Waals surface area contributed by atoms with Crippen molar-refractivity contribution in [2.45, 2.75) is 18.9 Å². The molecule has 1 aliphatic heterocycles. The SMILES string of the molecule is O=c1cc(N2CCC(O)CC2)nc2ccccn12. The highest BCUT2D eigenvalue weighted by Gasteiger charge is 2.18. The maximum atomic E-state index is 12.0. The van der Waals surface area contributed by atoms with Crippen molar-refractivity contribution in [3.05, 3.63) is 40.8 Å². The minimum atomic E-state index is -0.220. The summed E-state index contributed by atoms with van der Waals surface area (Å²) in [6.45, 7) is 1.49. The van der Waals surface area contributed by atoms with E-state index in [1.165, 1.54) is 4.40 Å². The van der Waals surface area contributed by atoms with Gasteiger partial charge in [-0.25, -0.2) is 4.98 Å². The molecule has 0 spiro atoms. The zero-order chi connectivity index (χ0) is 12.5. The first-order chi connectivity index (χ1) is 8.74. The highest BCUT2D eigenvalue weighted by Crippen LogP contribution is 2.17. The monoisotopic (exact) mass is 245 g/mol. The van der Waals surface area contributed by atoms with Crippen LogP contribution in [0, 0.1) is 0 Å². The second-order valence-electron chi connectivity index (χ2n) is 4.60. The molecule has 3 heterocycles. The highest BCUT2D eigenvalue weighted by atomic mass is 16.3. The number of pyridine rings is 1. The first kappa shape index (κ1) is 11.2. The fourth-order valence-corrected chi connectivity index (χ4v) is 2.30. The lowest BCUT2D eigenvalue weighted by Crippen LogP contribution is -2.37. The summed E-state index contributed by atoms with van der Waals surface area (Å²) in [7, 11) is 0. The molecule has 0 radical (unpaired) electrons. The minimum absolute atomic E-state index is 0.0679. The average Bonchev–Trinajstić information content (AvgIpc) is 2.39. The summed E-state index contributed by atoms with van der Waals surface area (Å²) in [5.74, 6) is 0.707. The van der Waals surface area contributed by atoms with Gasteiger partial charge < -0.3 is 10.0 Å². The van der Waals surface area contributed by atoms with E-state index in [1.807, 2.05) is 18.2 Å². The van der Waals surface area contributed by atoms with E-state index in [0.717, 1.165) is 25.9 Å². The molecule has 18 heavy (non-hydrogen) atoms. The molecular weight excluding hydrogens is 230 g/mol. The van der Waals surface area contributed by atoms with E-state index in [-0.39, 0.29) is 11.7 Å². The molecule has 0 amide bonds. The van der Waals surface area contributed by atoms with Gasteiger partial charge in [0, 0.05) is 25.4 Å². The maximum Gasteiger partial charge on any atom is 0.259 e. The molecule has 3 rings (SSSR count). The lowest BCUT2D eigenvalue weighted by atomic mass is 10.1. The number of rotatable bonds is 1. The molecule has 2 aromatic heterocycles. The Kier molecular flexibility index (Phi) is 2.76. The molecular formula is C13H15N3O2. The van der Waals surface area contributed by atoms with Crippen LogP contribution in [0.3, 0.4) is 0 Å². The Bertz CT molecular complexity index is 615. The van der Waals surface area contributed by atoms with Gasteiger partial charge in [-0.3, -0.25) is 9.20 Å². The summed E-state index contributed by atoms with van der Waals surface area (Å²) in [4.78, 5) is 18.5. The molecule has 0 aromatic carbocycles. The molecule has 0 atom stereocenters. The number of fused-ring (bicyclic) bond motifs is 1. The van der Waals surface area contributed by atoms with Gasteiger partial charge in [-0.15, -0.1) is 0 Å². The van der Waals surface area contributed by atoms with Gasteiger partial charge in [0.1, 0.15) is 11.5 Å². The van der Waals surface area contributed by atoms with Crippen molar-refractivity contribution in [1.82, 2.24) is 9.38 Å². The van der Waals surface area contributed by atoms with Gasteiger partial charge >= 0.3 is 0 Å². The van der Waals surface area contributed by atoms with E-state index in [9.17, 15) is 9.90 Å². The standard InChI is InChI=1S/C13H15N3O2/c17-10-4-7-15(8-5-10)12-9-13(18)16-6-2-1-3-11(16)14-12/h1-3,6,9-10,17H,4-5,7-8H2. The molecule has 94 valence electrons. The first-order valence-electron chi connectivity index (χ1n) is 6.15. The summed E-state index contributed by atoms with van der Waals surface area (Å²) >= 11 is 0. The average molecular weight is 245 g/mol. The third-order valence-corrected chi connectivity index (χ3v) is 3.35. The summed E-state index contributed by atoms with van der Waals surface area (Å²) in [5.41, 5.74) is 0.591. The van der Waals surface area contributed by atoms with Crippen LogP contribution in [0.4, 0.5) is 5.82 Å². The van der Waals surface area contributed by atoms with Crippen molar-refractivity contribution >= 4 is 11.5 Å². The van der Waals surface area contributed by atoms with Gasteiger partial charge in [0.15, 0.2) is 0 Å². The summed E-state index contributed by atoms with van der Waals surface area (Å²) in [6.07, 6.45) is 2.96. The fourth-order valence-electron chi connectivity index (χ4n) is 2.30. The molecule has 0 saturated carbocycles. The Labute approximate surface area is 104 Å². The van der Waals surface area contributed by atoms with Crippen LogP contribution in [0.15, 0.2) is 35.3 Å². The summed E-state index contributed by atoms with van der Waals surface area (Å²) in [6, 6.07) is 7.06. The molecule has 0 bridgehead atoms. The Balaban J connectivity index is 2.00. The number of nitrogens with zero attached hydrogens (tertiary/aromatic N) is 3. The number of hydrogen-bond acceptors (Lipinski definition) is 4. The van der Waals surface area contributed by atoms with E-state index >= 15 is 0 Å². The van der Waals surface area contributed by atoms with Crippen LogP contribution in [0.1, 0.15) is 12.8 Å². The molecule has 1 fully saturated rings. The zero-order valence-electron chi connectivity index (χ0n) is 9.99. The van der Waals surface area contributed by atoms with Crippen molar-refractivity contribution in [2.75, 3.05) is 18.0 Å². The smallest absolute Gasteiger partial charge is 0.259 e. The van der Waals surface area contributed by atoms with Crippen molar-refractivity contribution in [3.63, 3.8) is 0 Å². The van der Waals surface area contributed by atoms with Gasteiger partial charge in [-0.2, -0.15) is 0 Å². The van der Waals surface area contributed by atoms with E-state index in [0.29, 0.717) is 11.5 Å². The second kappa shape index (κ2) is 4.42. The maximum absolute atomic E-state index is 12.0. The zero-order valence-corrected chi connectivity index (χ0v) is 9.99. The predicted octanol–water partition coefficient (Wildman–Crippen LogP) is 0.656. The Morgan fingerprint density at radius 3 is 2.83 bits per heavy atom. The lowest BCUT2D eigenvalue weighted by Gasteiger charge is -2.30. The lowest BCUT2D eigenvalue weighted by molar-refractivity contribution is 0.145. The van der Waals surface area contributed by atoms with Crippen molar-refractivity contribution in [1.29, 1.82) is 0 Å². The van der Waals surface area contributed by atoms with Crippen LogP contribution < -0.4 is 10.5 Å². The third kappa shape index (κ3) is 1.97. The van der Waals surface area contributed by atoms with Crippen molar-refractivity contribution < 1.29 is 5.11 Å². The van der Waals surface area contributed by atoms with E-state index in [4.69, 9.17) is 0 Å². The molecule has 2 aromatic rings. The van der Waals surface area contributed by atoms with Crippen LogP contribution in [-0.4, -0.2) is 33.7 Å². The van der Waals surface area contributed by atoms with Gasteiger partial charge in [0.25, 0.3) is 5.56 Å². The highest BCUT2D eigenvalue weighted by molar-refractivity contribution is 5.48. The van der Waals surface area contributed by atoms with E-state index in [1.54, 1.807) is 12.3 Å². The van der Waals surface area contributed by atoms with E-state index in [2.05, 4.69) is 9.88 Å². The molecule has 5 nitrogen and oxygen atoms in total. The Hall–Kier alpha value is -1.88. The Morgan fingerprint density at radius 2 is 2.06 bits per heavy atom. The van der Waals surface area contributed by atoms with Gasteiger partial charge in [0.05, 0.1) is 6.10 Å². The fraction of sp³-hybridized carbons (Fsp3) is 0.385. The van der Waals surface area contributed by atoms with Gasteiger partial charge in [0.2, 0.25) is 0 Å². The largest absolute Gasteiger partial charge is 0.393 e. The second-order valence-corrected chi connectivity index (χ2v) is 4.60. The Morgan fingerprint density at radius 1 is 1.28 bits per heavy atom. The third-order valence-electron chi connectivity index (χ3n) is 3.35. The number of aromatic nitrogens is 2. The van der Waals surface area contributed by atoms with Crippen molar-refractivity contribution in [2.24, 2.45) is 0 Å². The minimum Gasteiger partial charge on any atom is -0.393 e. The molecule has 0 unspecified atom stereocenters. The number of aliphatic hydroxyl groups is 1. The van der Waals surface area contributed by atoms with Crippen LogP contribution in [0.25, 0.3) is 5.65 Å². The normalized spacial score (nSPS) is 17.3. The first-order valence-corrected chi connectivity index (χ1v) is 6.15. The number of hydrogen-bond donors (Lipinski definition) is 1. The van der Waals surface area contributed by atoms with Crippen LogP contribution >= 0.6 is 0 Å². The quantitative estimate of drug-likeness (QED) is 0.801. The number of aliphatic hydroxyl groups excluding tert-OH is 1.